The Hall–Kier alpha value is -2.28. The quantitative estimate of drug-likeness (QED) is 0.819. The van der Waals surface area contributed by atoms with Gasteiger partial charge in [-0.3, -0.25) is 14.6 Å². The van der Waals surface area contributed by atoms with Gasteiger partial charge in [0.15, 0.2) is 0 Å². The minimum absolute atomic E-state index is 0.0119. The first-order valence-electron chi connectivity index (χ1n) is 8.54. The molecule has 1 unspecified atom stereocenters. The predicted octanol–water partition coefficient (Wildman–Crippen LogP) is 1.81. The summed E-state index contributed by atoms with van der Waals surface area (Å²) in [5, 5.41) is 6.10. The van der Waals surface area contributed by atoms with Crippen LogP contribution in [-0.4, -0.2) is 39.8 Å². The second-order valence-electron chi connectivity index (χ2n) is 6.12. The molecule has 7 heteroatoms. The number of nitrogens with one attached hydrogen (secondary N) is 1. The Balaban J connectivity index is 1.45. The molecular formula is C18H22N4O2S. The van der Waals surface area contributed by atoms with Gasteiger partial charge in [-0.15, -0.1) is 11.3 Å². The molecule has 2 aromatic rings. The number of nitrogens with zero attached hydrogens (tertiary/aromatic N) is 3. The zero-order valence-corrected chi connectivity index (χ0v) is 15.1. The Morgan fingerprint density at radius 3 is 3.00 bits per heavy atom. The van der Waals surface area contributed by atoms with E-state index in [2.05, 4.69) is 22.2 Å². The normalized spacial score (nSPS) is 17.1. The highest BCUT2D eigenvalue weighted by Crippen LogP contribution is 2.20. The molecule has 132 valence electrons. The van der Waals surface area contributed by atoms with Gasteiger partial charge in [-0.1, -0.05) is 13.0 Å². The monoisotopic (exact) mass is 358 g/mol. The summed E-state index contributed by atoms with van der Waals surface area (Å²) in [7, 11) is 0. The molecular weight excluding hydrogens is 336 g/mol. The Kier molecular flexibility index (Phi) is 5.75. The maximum Gasteiger partial charge on any atom is 0.225 e. The van der Waals surface area contributed by atoms with Crippen molar-refractivity contribution in [3.8, 4) is 0 Å². The largest absolute Gasteiger partial charge is 0.355 e. The van der Waals surface area contributed by atoms with Crippen LogP contribution in [0.15, 0.2) is 29.8 Å². The van der Waals surface area contributed by atoms with Gasteiger partial charge in [-0.25, -0.2) is 4.98 Å². The van der Waals surface area contributed by atoms with Gasteiger partial charge in [0.05, 0.1) is 28.9 Å². The number of aryl methyl sites for hydroxylation is 1. The number of carbonyl (C=O) groups excluding carboxylic acids is 2. The van der Waals surface area contributed by atoms with Crippen molar-refractivity contribution in [1.82, 2.24) is 20.2 Å². The van der Waals surface area contributed by atoms with Crippen molar-refractivity contribution in [2.45, 2.75) is 32.7 Å². The lowest BCUT2D eigenvalue weighted by Crippen LogP contribution is -2.34. The molecule has 25 heavy (non-hydrogen) atoms. The van der Waals surface area contributed by atoms with Gasteiger partial charge in [0.1, 0.15) is 0 Å². The van der Waals surface area contributed by atoms with Crippen LogP contribution in [-0.2, 0) is 29.0 Å². The number of pyridine rings is 1. The van der Waals surface area contributed by atoms with Gasteiger partial charge in [-0.05, 0) is 18.6 Å². The minimum atomic E-state index is -0.280. The number of rotatable bonds is 7. The van der Waals surface area contributed by atoms with Crippen LogP contribution in [0, 0.1) is 5.92 Å². The fourth-order valence-corrected chi connectivity index (χ4v) is 3.65. The van der Waals surface area contributed by atoms with Gasteiger partial charge in [0, 0.05) is 37.5 Å². The fourth-order valence-electron chi connectivity index (χ4n) is 2.87. The number of hydrogen-bond acceptors (Lipinski definition) is 5. The molecule has 0 radical (unpaired) electrons. The van der Waals surface area contributed by atoms with Crippen molar-refractivity contribution in [1.29, 1.82) is 0 Å². The third kappa shape index (κ3) is 4.63. The van der Waals surface area contributed by atoms with Crippen molar-refractivity contribution < 1.29 is 9.59 Å². The van der Waals surface area contributed by atoms with E-state index in [4.69, 9.17) is 0 Å². The summed E-state index contributed by atoms with van der Waals surface area (Å²) < 4.78 is 0. The highest BCUT2D eigenvalue weighted by Gasteiger charge is 2.34. The van der Waals surface area contributed by atoms with Crippen LogP contribution in [0.5, 0.6) is 0 Å². The standard InChI is InChI=1S/C18H22N4O2S/c1-2-16-21-15(12-25-16)6-8-20-18(24)13-9-17(23)22(10-13)11-14-5-3-4-7-19-14/h3-5,7,12-13H,2,6,8-11H2,1H3,(H,20,24). The van der Waals surface area contributed by atoms with Crippen LogP contribution in [0.2, 0.25) is 0 Å². The molecule has 0 bridgehead atoms. The van der Waals surface area contributed by atoms with Crippen molar-refractivity contribution in [3.63, 3.8) is 0 Å². The molecule has 6 nitrogen and oxygen atoms in total. The highest BCUT2D eigenvalue weighted by molar-refractivity contribution is 7.09. The molecule has 0 aliphatic carbocycles. The number of likely N-dealkylation sites (tertiary alicyclic amines) is 1. The van der Waals surface area contributed by atoms with Crippen LogP contribution in [0.1, 0.15) is 29.7 Å². The summed E-state index contributed by atoms with van der Waals surface area (Å²) in [4.78, 5) is 34.9. The van der Waals surface area contributed by atoms with E-state index >= 15 is 0 Å². The lowest BCUT2D eigenvalue weighted by atomic mass is 10.1. The van der Waals surface area contributed by atoms with Crippen molar-refractivity contribution in [2.24, 2.45) is 5.92 Å². The minimum Gasteiger partial charge on any atom is -0.355 e. The molecule has 3 rings (SSSR count). The molecule has 1 N–H and O–H groups in total. The molecule has 0 spiro atoms. The molecule has 0 aromatic carbocycles. The highest BCUT2D eigenvalue weighted by atomic mass is 32.1. The van der Waals surface area contributed by atoms with Gasteiger partial charge < -0.3 is 10.2 Å². The second-order valence-corrected chi connectivity index (χ2v) is 7.07. The summed E-state index contributed by atoms with van der Waals surface area (Å²) in [6.45, 7) is 3.55. The van der Waals surface area contributed by atoms with E-state index in [1.165, 1.54) is 0 Å². The lowest BCUT2D eigenvalue weighted by molar-refractivity contribution is -0.129. The van der Waals surface area contributed by atoms with Crippen LogP contribution in [0.4, 0.5) is 0 Å². The summed E-state index contributed by atoms with van der Waals surface area (Å²) in [6.07, 6.45) is 3.64. The van der Waals surface area contributed by atoms with Crippen molar-refractivity contribution in [2.75, 3.05) is 13.1 Å². The van der Waals surface area contributed by atoms with E-state index in [1.54, 1.807) is 22.4 Å². The van der Waals surface area contributed by atoms with Crippen LogP contribution >= 0.6 is 11.3 Å². The second kappa shape index (κ2) is 8.20. The van der Waals surface area contributed by atoms with E-state index in [9.17, 15) is 9.59 Å². The third-order valence-corrected chi connectivity index (χ3v) is 5.29. The third-order valence-electron chi connectivity index (χ3n) is 4.25. The summed E-state index contributed by atoms with van der Waals surface area (Å²) >= 11 is 1.65. The smallest absolute Gasteiger partial charge is 0.225 e. The van der Waals surface area contributed by atoms with E-state index in [0.29, 0.717) is 19.6 Å². The summed E-state index contributed by atoms with van der Waals surface area (Å²) in [6, 6.07) is 5.63. The number of aromatic nitrogens is 2. The predicted molar refractivity (Wildman–Crippen MR) is 96.0 cm³/mol. The van der Waals surface area contributed by atoms with E-state index < -0.39 is 0 Å². The molecule has 2 amide bonds. The maximum absolute atomic E-state index is 12.3. The Morgan fingerprint density at radius 1 is 1.40 bits per heavy atom. The first-order chi connectivity index (χ1) is 12.2. The van der Waals surface area contributed by atoms with Crippen LogP contribution in [0.3, 0.4) is 0 Å². The van der Waals surface area contributed by atoms with Gasteiger partial charge in [0.25, 0.3) is 0 Å². The van der Waals surface area contributed by atoms with Gasteiger partial charge >= 0.3 is 0 Å². The molecule has 2 aromatic heterocycles. The van der Waals surface area contributed by atoms with E-state index in [-0.39, 0.29) is 24.2 Å². The zero-order chi connectivity index (χ0) is 17.6. The summed E-state index contributed by atoms with van der Waals surface area (Å²) in [5.41, 5.74) is 1.86. The van der Waals surface area contributed by atoms with Crippen LogP contribution in [0.25, 0.3) is 0 Å². The average molecular weight is 358 g/mol. The summed E-state index contributed by atoms with van der Waals surface area (Å²) in [5.74, 6) is -0.321. The van der Waals surface area contributed by atoms with E-state index in [1.807, 2.05) is 23.6 Å². The Bertz CT molecular complexity index is 732. The zero-order valence-electron chi connectivity index (χ0n) is 14.3. The number of hydrogen-bond donors (Lipinski definition) is 1. The first kappa shape index (κ1) is 17.5. The molecule has 1 aliphatic heterocycles. The fraction of sp³-hybridized carbons (Fsp3) is 0.444. The Morgan fingerprint density at radius 2 is 2.28 bits per heavy atom. The Labute approximate surface area is 151 Å². The molecule has 1 aliphatic rings. The number of thiazole rings is 1. The van der Waals surface area contributed by atoms with E-state index in [0.717, 1.165) is 29.2 Å². The van der Waals surface area contributed by atoms with Crippen LogP contribution < -0.4 is 5.32 Å². The lowest BCUT2D eigenvalue weighted by Gasteiger charge is -2.16. The van der Waals surface area contributed by atoms with Crippen molar-refractivity contribution >= 4 is 23.2 Å². The number of amides is 2. The maximum atomic E-state index is 12.3. The van der Waals surface area contributed by atoms with Gasteiger partial charge in [-0.2, -0.15) is 0 Å². The number of carbonyl (C=O) groups is 2. The molecule has 1 fully saturated rings. The SMILES string of the molecule is CCc1nc(CCNC(=O)C2CC(=O)N(Cc3ccccn3)C2)cs1. The molecule has 1 atom stereocenters. The first-order valence-corrected chi connectivity index (χ1v) is 9.42. The average Bonchev–Trinajstić information content (AvgIpc) is 3.23. The van der Waals surface area contributed by atoms with Crippen molar-refractivity contribution in [3.05, 3.63) is 46.2 Å². The topological polar surface area (TPSA) is 75.2 Å². The molecule has 1 saturated heterocycles. The van der Waals surface area contributed by atoms with Gasteiger partial charge in [0.2, 0.25) is 11.8 Å². The molecule has 0 saturated carbocycles. The molecule has 3 heterocycles.